The van der Waals surface area contributed by atoms with E-state index in [1.165, 1.54) is 0 Å². The average Bonchev–Trinajstić information content (AvgIpc) is 2.47. The first-order valence-electron chi connectivity index (χ1n) is 6.16. The molecule has 21 heavy (non-hydrogen) atoms. The monoisotopic (exact) mass is 412 g/mol. The second-order valence-electron chi connectivity index (χ2n) is 4.35. The molecule has 2 aromatic carbocycles. The molecular formula is C15H14Br2N2O2. The predicted octanol–water partition coefficient (Wildman–Crippen LogP) is 3.86. The van der Waals surface area contributed by atoms with Gasteiger partial charge < -0.3 is 15.8 Å². The van der Waals surface area contributed by atoms with Gasteiger partial charge >= 0.3 is 0 Å². The number of benzene rings is 2. The van der Waals surface area contributed by atoms with Crippen molar-refractivity contribution in [3.05, 3.63) is 57.0 Å². The molecule has 110 valence electrons. The highest BCUT2D eigenvalue weighted by Gasteiger charge is 2.21. The van der Waals surface area contributed by atoms with Crippen molar-refractivity contribution in [1.29, 1.82) is 0 Å². The summed E-state index contributed by atoms with van der Waals surface area (Å²) < 4.78 is 6.84. The van der Waals surface area contributed by atoms with Crippen LogP contribution in [0.25, 0.3) is 0 Å². The topological polar surface area (TPSA) is 64.3 Å². The number of hydrogen-bond donors (Lipinski definition) is 2. The Morgan fingerprint density at radius 2 is 1.90 bits per heavy atom. The first kappa shape index (κ1) is 15.9. The van der Waals surface area contributed by atoms with Crippen LogP contribution in [0.4, 0.5) is 5.69 Å². The third-order valence-electron chi connectivity index (χ3n) is 2.97. The van der Waals surface area contributed by atoms with Gasteiger partial charge in [-0.25, -0.2) is 0 Å². The average molecular weight is 414 g/mol. The van der Waals surface area contributed by atoms with Crippen molar-refractivity contribution >= 4 is 43.5 Å². The van der Waals surface area contributed by atoms with Crippen LogP contribution >= 0.6 is 31.9 Å². The second-order valence-corrected chi connectivity index (χ2v) is 6.06. The van der Waals surface area contributed by atoms with Crippen molar-refractivity contribution in [3.8, 4) is 5.75 Å². The van der Waals surface area contributed by atoms with E-state index in [1.54, 1.807) is 13.2 Å². The number of methoxy groups -OCH3 is 1. The van der Waals surface area contributed by atoms with Crippen LogP contribution in [0.1, 0.15) is 11.6 Å². The van der Waals surface area contributed by atoms with Gasteiger partial charge in [0, 0.05) is 20.2 Å². The molecule has 0 saturated carbocycles. The zero-order valence-electron chi connectivity index (χ0n) is 11.3. The van der Waals surface area contributed by atoms with E-state index in [1.807, 2.05) is 36.4 Å². The van der Waals surface area contributed by atoms with Crippen molar-refractivity contribution in [2.75, 3.05) is 12.4 Å². The summed E-state index contributed by atoms with van der Waals surface area (Å²) in [6, 6.07) is 12.3. The molecule has 0 aliphatic rings. The van der Waals surface area contributed by atoms with Gasteiger partial charge in [0.2, 0.25) is 5.91 Å². The highest BCUT2D eigenvalue weighted by Crippen LogP contribution is 2.32. The smallest absolute Gasteiger partial charge is 0.244 e. The third-order valence-corrected chi connectivity index (χ3v) is 4.39. The summed E-state index contributed by atoms with van der Waals surface area (Å²) in [4.78, 5) is 11.9. The number of nitrogens with two attached hydrogens (primary N) is 1. The van der Waals surface area contributed by atoms with Crippen LogP contribution in [-0.2, 0) is 4.79 Å². The summed E-state index contributed by atoms with van der Waals surface area (Å²) in [7, 11) is 1.58. The highest BCUT2D eigenvalue weighted by molar-refractivity contribution is 9.11. The number of anilines is 1. The first-order chi connectivity index (χ1) is 10.0. The molecule has 4 nitrogen and oxygen atoms in total. The summed E-state index contributed by atoms with van der Waals surface area (Å²) in [5.41, 5.74) is 7.06. The Morgan fingerprint density at radius 1 is 1.19 bits per heavy atom. The number of para-hydroxylation sites is 1. The van der Waals surface area contributed by atoms with Crippen LogP contribution in [0, 0.1) is 0 Å². The van der Waals surface area contributed by atoms with Crippen LogP contribution in [0.15, 0.2) is 51.4 Å². The van der Waals surface area contributed by atoms with Crippen molar-refractivity contribution in [1.82, 2.24) is 0 Å². The van der Waals surface area contributed by atoms with E-state index in [-0.39, 0.29) is 0 Å². The number of carbonyl (C=O) groups excluding carboxylic acids is 1. The van der Waals surface area contributed by atoms with E-state index in [0.29, 0.717) is 5.75 Å². The predicted molar refractivity (Wildman–Crippen MR) is 90.4 cm³/mol. The quantitative estimate of drug-likeness (QED) is 0.782. The van der Waals surface area contributed by atoms with Gasteiger partial charge in [0.25, 0.3) is 0 Å². The molecule has 0 spiro atoms. The number of amides is 1. The lowest BCUT2D eigenvalue weighted by atomic mass is 10.1. The number of primary amides is 1. The van der Waals surface area contributed by atoms with E-state index < -0.39 is 11.9 Å². The maximum absolute atomic E-state index is 11.9. The van der Waals surface area contributed by atoms with Crippen LogP contribution in [0.2, 0.25) is 0 Å². The summed E-state index contributed by atoms with van der Waals surface area (Å²) in [6.45, 7) is 0. The molecule has 1 atom stereocenters. The molecule has 0 aliphatic carbocycles. The number of nitrogens with one attached hydrogen (secondary N) is 1. The zero-order chi connectivity index (χ0) is 15.4. The van der Waals surface area contributed by atoms with Gasteiger partial charge in [-0.3, -0.25) is 4.79 Å². The van der Waals surface area contributed by atoms with Gasteiger partial charge in [0.05, 0.1) is 7.11 Å². The van der Waals surface area contributed by atoms with Crippen molar-refractivity contribution in [3.63, 3.8) is 0 Å². The van der Waals surface area contributed by atoms with Crippen LogP contribution < -0.4 is 15.8 Å². The molecule has 0 aromatic heterocycles. The molecule has 0 fully saturated rings. The minimum atomic E-state index is -0.673. The highest BCUT2D eigenvalue weighted by atomic mass is 79.9. The van der Waals surface area contributed by atoms with E-state index >= 15 is 0 Å². The molecule has 1 amide bonds. The Kier molecular flexibility index (Phi) is 5.25. The van der Waals surface area contributed by atoms with Gasteiger partial charge in [-0.15, -0.1) is 0 Å². The Bertz CT molecular complexity index is 662. The number of rotatable bonds is 5. The summed E-state index contributed by atoms with van der Waals surface area (Å²) >= 11 is 6.89. The fraction of sp³-hybridized carbons (Fsp3) is 0.133. The second kappa shape index (κ2) is 6.95. The largest absolute Gasteiger partial charge is 0.497 e. The molecule has 0 aliphatic heterocycles. The maximum atomic E-state index is 11.9. The summed E-state index contributed by atoms with van der Waals surface area (Å²) in [5.74, 6) is 0.188. The van der Waals surface area contributed by atoms with Crippen molar-refractivity contribution in [2.24, 2.45) is 5.73 Å². The van der Waals surface area contributed by atoms with Gasteiger partial charge in [-0.05, 0) is 46.3 Å². The summed E-state index contributed by atoms with van der Waals surface area (Å²) in [6.07, 6.45) is 0. The molecule has 1 unspecified atom stereocenters. The van der Waals surface area contributed by atoms with E-state index in [2.05, 4.69) is 37.2 Å². The van der Waals surface area contributed by atoms with Gasteiger partial charge in [-0.1, -0.05) is 28.1 Å². The standard InChI is InChI=1S/C15H14Br2N2O2/c1-21-9-6-7-11(16)10(8-9)14(15(18)20)19-13-5-3-2-4-12(13)17/h2-8,14,19H,1H3,(H2,18,20). The van der Waals surface area contributed by atoms with Crippen LogP contribution in [-0.4, -0.2) is 13.0 Å². The van der Waals surface area contributed by atoms with Crippen LogP contribution in [0.3, 0.4) is 0 Å². The first-order valence-corrected chi connectivity index (χ1v) is 7.75. The third kappa shape index (κ3) is 3.77. The molecule has 3 N–H and O–H groups in total. The molecule has 2 aromatic rings. The Morgan fingerprint density at radius 3 is 2.52 bits per heavy atom. The van der Waals surface area contributed by atoms with E-state index in [9.17, 15) is 4.79 Å². The summed E-state index contributed by atoms with van der Waals surface area (Å²) in [5, 5.41) is 3.15. The van der Waals surface area contributed by atoms with Gasteiger partial charge in [0.15, 0.2) is 0 Å². The number of halogens is 2. The SMILES string of the molecule is COc1ccc(Br)c(C(Nc2ccccc2Br)C(N)=O)c1. The maximum Gasteiger partial charge on any atom is 0.244 e. The molecule has 0 radical (unpaired) electrons. The van der Waals surface area contributed by atoms with E-state index in [0.717, 1.165) is 20.2 Å². The lowest BCUT2D eigenvalue weighted by Gasteiger charge is -2.20. The fourth-order valence-electron chi connectivity index (χ4n) is 1.91. The zero-order valence-corrected chi connectivity index (χ0v) is 14.4. The normalized spacial score (nSPS) is 11.8. The van der Waals surface area contributed by atoms with Gasteiger partial charge in [-0.2, -0.15) is 0 Å². The molecular weight excluding hydrogens is 400 g/mol. The Balaban J connectivity index is 2.40. The fourth-order valence-corrected chi connectivity index (χ4v) is 2.78. The minimum Gasteiger partial charge on any atom is -0.497 e. The van der Waals surface area contributed by atoms with Crippen molar-refractivity contribution in [2.45, 2.75) is 6.04 Å². The Labute approximate surface area is 139 Å². The van der Waals surface area contributed by atoms with Crippen molar-refractivity contribution < 1.29 is 9.53 Å². The van der Waals surface area contributed by atoms with Gasteiger partial charge in [0.1, 0.15) is 11.8 Å². The number of hydrogen-bond acceptors (Lipinski definition) is 3. The molecule has 0 bridgehead atoms. The molecule has 6 heteroatoms. The lowest BCUT2D eigenvalue weighted by molar-refractivity contribution is -0.118. The Hall–Kier alpha value is -1.53. The number of ether oxygens (including phenoxy) is 1. The van der Waals surface area contributed by atoms with E-state index in [4.69, 9.17) is 10.5 Å². The van der Waals surface area contributed by atoms with Crippen LogP contribution in [0.5, 0.6) is 5.75 Å². The lowest BCUT2D eigenvalue weighted by Crippen LogP contribution is -2.28. The number of carbonyl (C=O) groups is 1. The molecule has 2 rings (SSSR count). The molecule has 0 heterocycles. The minimum absolute atomic E-state index is 0.472. The molecule has 0 saturated heterocycles.